The van der Waals surface area contributed by atoms with Crippen LogP contribution < -0.4 is 10.1 Å². The Morgan fingerprint density at radius 3 is 3.00 bits per heavy atom. The Bertz CT molecular complexity index is 506. The monoisotopic (exact) mass is 276 g/mol. The van der Waals surface area contributed by atoms with Crippen molar-refractivity contribution in [2.75, 3.05) is 20.3 Å². The standard InChI is InChI=1S/C15H20N2O3/c1-10-13(6-7-20-10)17-14(18)9-16-15(17)11-4-3-5-12(8-11)19-2/h3-5,8,10,13,15-16H,6-7,9H2,1-2H3. The molecule has 0 aromatic heterocycles. The topological polar surface area (TPSA) is 50.8 Å². The van der Waals surface area contributed by atoms with Crippen molar-refractivity contribution in [1.82, 2.24) is 10.2 Å². The average molecular weight is 276 g/mol. The average Bonchev–Trinajstić information content (AvgIpc) is 3.04. The minimum Gasteiger partial charge on any atom is -0.497 e. The van der Waals surface area contributed by atoms with Crippen molar-refractivity contribution in [3.05, 3.63) is 29.8 Å². The molecule has 5 heteroatoms. The molecule has 2 aliphatic rings. The fourth-order valence-electron chi connectivity index (χ4n) is 3.07. The van der Waals surface area contributed by atoms with Crippen LogP contribution in [0.5, 0.6) is 5.75 Å². The highest BCUT2D eigenvalue weighted by atomic mass is 16.5. The zero-order chi connectivity index (χ0) is 14.1. The number of nitrogens with one attached hydrogen (secondary N) is 1. The number of hydrogen-bond acceptors (Lipinski definition) is 4. The number of hydrogen-bond donors (Lipinski definition) is 1. The molecule has 3 rings (SSSR count). The van der Waals surface area contributed by atoms with Crippen molar-refractivity contribution in [2.45, 2.75) is 31.7 Å². The van der Waals surface area contributed by atoms with E-state index in [2.05, 4.69) is 5.32 Å². The summed E-state index contributed by atoms with van der Waals surface area (Å²) in [6.45, 7) is 3.14. The van der Waals surface area contributed by atoms with Gasteiger partial charge in [0.15, 0.2) is 0 Å². The highest BCUT2D eigenvalue weighted by Crippen LogP contribution is 2.31. The molecule has 2 saturated heterocycles. The Morgan fingerprint density at radius 1 is 1.45 bits per heavy atom. The number of benzene rings is 1. The van der Waals surface area contributed by atoms with Crippen LogP contribution in [-0.4, -0.2) is 43.2 Å². The van der Waals surface area contributed by atoms with Gasteiger partial charge in [-0.05, 0) is 31.0 Å². The quantitative estimate of drug-likeness (QED) is 0.904. The van der Waals surface area contributed by atoms with Gasteiger partial charge >= 0.3 is 0 Å². The summed E-state index contributed by atoms with van der Waals surface area (Å²) in [7, 11) is 1.65. The first kappa shape index (κ1) is 13.4. The fourth-order valence-corrected chi connectivity index (χ4v) is 3.07. The van der Waals surface area contributed by atoms with Crippen LogP contribution >= 0.6 is 0 Å². The Hall–Kier alpha value is -1.59. The molecule has 5 nitrogen and oxygen atoms in total. The first-order valence-corrected chi connectivity index (χ1v) is 7.01. The molecule has 0 aliphatic carbocycles. The maximum absolute atomic E-state index is 12.2. The molecule has 1 aromatic rings. The summed E-state index contributed by atoms with van der Waals surface area (Å²) >= 11 is 0. The summed E-state index contributed by atoms with van der Waals surface area (Å²) in [4.78, 5) is 14.2. The van der Waals surface area contributed by atoms with Crippen LogP contribution in [0.15, 0.2) is 24.3 Å². The summed E-state index contributed by atoms with van der Waals surface area (Å²) in [5, 5.41) is 3.29. The number of amides is 1. The molecule has 1 N–H and O–H groups in total. The zero-order valence-electron chi connectivity index (χ0n) is 11.8. The number of rotatable bonds is 3. The van der Waals surface area contributed by atoms with Crippen LogP contribution in [0.1, 0.15) is 25.1 Å². The maximum Gasteiger partial charge on any atom is 0.238 e. The molecule has 0 bridgehead atoms. The Kier molecular flexibility index (Phi) is 3.63. The van der Waals surface area contributed by atoms with Crippen LogP contribution in [0, 0.1) is 0 Å². The lowest BCUT2D eigenvalue weighted by Crippen LogP contribution is -2.43. The molecular weight excluding hydrogens is 256 g/mol. The van der Waals surface area contributed by atoms with Gasteiger partial charge in [-0.3, -0.25) is 10.1 Å². The van der Waals surface area contributed by atoms with Gasteiger partial charge in [0.1, 0.15) is 11.9 Å². The molecule has 20 heavy (non-hydrogen) atoms. The van der Waals surface area contributed by atoms with E-state index in [-0.39, 0.29) is 24.2 Å². The number of ether oxygens (including phenoxy) is 2. The largest absolute Gasteiger partial charge is 0.497 e. The van der Waals surface area contributed by atoms with Gasteiger partial charge in [-0.25, -0.2) is 0 Å². The number of nitrogens with zero attached hydrogens (tertiary/aromatic N) is 1. The van der Waals surface area contributed by atoms with Gasteiger partial charge in [0.25, 0.3) is 0 Å². The van der Waals surface area contributed by atoms with Crippen molar-refractivity contribution in [3.8, 4) is 5.75 Å². The van der Waals surface area contributed by atoms with Crippen molar-refractivity contribution < 1.29 is 14.3 Å². The first-order chi connectivity index (χ1) is 9.70. The van der Waals surface area contributed by atoms with Crippen LogP contribution in [0.3, 0.4) is 0 Å². The lowest BCUT2D eigenvalue weighted by Gasteiger charge is -2.32. The summed E-state index contributed by atoms with van der Waals surface area (Å²) < 4.78 is 10.9. The molecule has 108 valence electrons. The maximum atomic E-state index is 12.2. The third kappa shape index (κ3) is 2.27. The lowest BCUT2D eigenvalue weighted by atomic mass is 10.1. The normalized spacial score (nSPS) is 30.0. The molecular formula is C15H20N2O3. The minimum absolute atomic E-state index is 0.0898. The molecule has 3 atom stereocenters. The van der Waals surface area contributed by atoms with E-state index >= 15 is 0 Å². The third-order valence-corrected chi connectivity index (χ3v) is 4.12. The second-order valence-electron chi connectivity index (χ2n) is 5.29. The zero-order valence-corrected chi connectivity index (χ0v) is 11.8. The predicted molar refractivity (Wildman–Crippen MR) is 74.4 cm³/mol. The molecule has 0 spiro atoms. The highest BCUT2D eigenvalue weighted by Gasteiger charge is 2.41. The van der Waals surface area contributed by atoms with E-state index in [1.165, 1.54) is 0 Å². The van der Waals surface area contributed by atoms with E-state index in [0.717, 1.165) is 24.3 Å². The first-order valence-electron chi connectivity index (χ1n) is 7.01. The van der Waals surface area contributed by atoms with Gasteiger partial charge in [-0.15, -0.1) is 0 Å². The van der Waals surface area contributed by atoms with E-state index in [1.54, 1.807) is 7.11 Å². The van der Waals surface area contributed by atoms with E-state index in [1.807, 2.05) is 36.1 Å². The van der Waals surface area contributed by atoms with Crippen LogP contribution in [0.4, 0.5) is 0 Å². The summed E-state index contributed by atoms with van der Waals surface area (Å²) in [5.41, 5.74) is 1.05. The SMILES string of the molecule is COc1cccc(C2NCC(=O)N2C2CCOC2C)c1. The van der Waals surface area contributed by atoms with Gasteiger partial charge in [0.05, 0.1) is 25.8 Å². The minimum atomic E-state index is -0.0910. The molecule has 3 unspecified atom stereocenters. The molecule has 1 aromatic carbocycles. The van der Waals surface area contributed by atoms with Crippen molar-refractivity contribution in [1.29, 1.82) is 0 Å². The number of carbonyl (C=O) groups excluding carboxylic acids is 1. The summed E-state index contributed by atoms with van der Waals surface area (Å²) in [6, 6.07) is 8.00. The second-order valence-corrected chi connectivity index (χ2v) is 5.29. The lowest BCUT2D eigenvalue weighted by molar-refractivity contribution is -0.131. The van der Waals surface area contributed by atoms with Gasteiger partial charge in [-0.1, -0.05) is 12.1 Å². The van der Waals surface area contributed by atoms with Crippen LogP contribution in [0.2, 0.25) is 0 Å². The second kappa shape index (κ2) is 5.42. The van der Waals surface area contributed by atoms with Crippen LogP contribution in [-0.2, 0) is 9.53 Å². The Morgan fingerprint density at radius 2 is 2.30 bits per heavy atom. The van der Waals surface area contributed by atoms with E-state index in [9.17, 15) is 4.79 Å². The van der Waals surface area contributed by atoms with Gasteiger partial charge in [-0.2, -0.15) is 0 Å². The number of methoxy groups -OCH3 is 1. The third-order valence-electron chi connectivity index (χ3n) is 4.12. The van der Waals surface area contributed by atoms with E-state index in [4.69, 9.17) is 9.47 Å². The van der Waals surface area contributed by atoms with Crippen molar-refractivity contribution >= 4 is 5.91 Å². The van der Waals surface area contributed by atoms with Crippen LogP contribution in [0.25, 0.3) is 0 Å². The predicted octanol–water partition coefficient (Wildman–Crippen LogP) is 1.30. The molecule has 1 amide bonds. The smallest absolute Gasteiger partial charge is 0.238 e. The highest BCUT2D eigenvalue weighted by molar-refractivity contribution is 5.81. The van der Waals surface area contributed by atoms with E-state index in [0.29, 0.717) is 6.54 Å². The molecule has 2 aliphatic heterocycles. The van der Waals surface area contributed by atoms with Gasteiger partial charge < -0.3 is 14.4 Å². The Balaban J connectivity index is 1.89. The van der Waals surface area contributed by atoms with Crippen molar-refractivity contribution in [3.63, 3.8) is 0 Å². The molecule has 2 fully saturated rings. The number of carbonyl (C=O) groups is 1. The molecule has 0 radical (unpaired) electrons. The molecule has 0 saturated carbocycles. The fraction of sp³-hybridized carbons (Fsp3) is 0.533. The summed E-state index contributed by atoms with van der Waals surface area (Å²) in [6.07, 6.45) is 0.897. The Labute approximate surface area is 118 Å². The summed E-state index contributed by atoms with van der Waals surface area (Å²) in [5.74, 6) is 0.944. The molecule has 2 heterocycles. The van der Waals surface area contributed by atoms with E-state index < -0.39 is 0 Å². The van der Waals surface area contributed by atoms with Gasteiger partial charge in [0.2, 0.25) is 5.91 Å². The van der Waals surface area contributed by atoms with Crippen molar-refractivity contribution in [2.24, 2.45) is 0 Å². The van der Waals surface area contributed by atoms with Gasteiger partial charge in [0, 0.05) is 6.61 Å².